The van der Waals surface area contributed by atoms with Crippen LogP contribution in [-0.2, 0) is 9.59 Å². The molecule has 0 fully saturated rings. The van der Waals surface area contributed by atoms with Crippen molar-refractivity contribution in [3.05, 3.63) is 40.7 Å². The van der Waals surface area contributed by atoms with Gasteiger partial charge in [0.2, 0.25) is 5.91 Å². The van der Waals surface area contributed by atoms with Gasteiger partial charge in [0.1, 0.15) is 5.82 Å². The van der Waals surface area contributed by atoms with Crippen molar-refractivity contribution in [3.63, 3.8) is 0 Å². The molecule has 94 valence electrons. The molecule has 1 amide bonds. The number of nitrogens with two attached hydrogens (primary N) is 1. The Morgan fingerprint density at radius 1 is 1.39 bits per heavy atom. The Morgan fingerprint density at radius 2 is 2.06 bits per heavy atom. The van der Waals surface area contributed by atoms with E-state index in [0.29, 0.717) is 5.69 Å². The molecule has 0 bridgehead atoms. The highest BCUT2D eigenvalue weighted by Gasteiger charge is 2.33. The molecule has 18 heavy (non-hydrogen) atoms. The summed E-state index contributed by atoms with van der Waals surface area (Å²) in [5.74, 6) is -1.44. The van der Waals surface area contributed by atoms with Crippen LogP contribution in [0, 0.1) is 13.8 Å². The molecule has 2 rings (SSSR count). The van der Waals surface area contributed by atoms with Crippen LogP contribution >= 0.6 is 0 Å². The monoisotopic (exact) mass is 246 g/mol. The van der Waals surface area contributed by atoms with Gasteiger partial charge in [-0.1, -0.05) is 12.1 Å². The van der Waals surface area contributed by atoms with E-state index in [0.717, 1.165) is 11.1 Å². The quantitative estimate of drug-likeness (QED) is 0.823. The first-order chi connectivity index (χ1) is 8.41. The number of rotatable bonds is 2. The van der Waals surface area contributed by atoms with Crippen molar-refractivity contribution in [1.82, 2.24) is 0 Å². The number of hydrogen-bond acceptors (Lipinski definition) is 3. The molecule has 1 heterocycles. The molecule has 0 spiro atoms. The molecule has 5 heteroatoms. The molecule has 1 aliphatic rings. The van der Waals surface area contributed by atoms with Crippen LogP contribution in [0.25, 0.3) is 0 Å². The Morgan fingerprint density at radius 3 is 2.61 bits per heavy atom. The van der Waals surface area contributed by atoms with Gasteiger partial charge in [-0.05, 0) is 31.0 Å². The number of benzene rings is 1. The Balaban J connectivity index is 2.54. The first-order valence-electron chi connectivity index (χ1n) is 5.54. The standard InChI is InChI=1S/C13H14N2O3/c1-7-3-4-8(2)10(5-7)15-11(16)6-9(12(15)14)13(17)18/h3-5H,6,14H2,1-2H3,(H,17,18). The minimum Gasteiger partial charge on any atom is -0.478 e. The van der Waals surface area contributed by atoms with Crippen LogP contribution in [0.2, 0.25) is 0 Å². The number of aryl methyl sites for hydroxylation is 2. The summed E-state index contributed by atoms with van der Waals surface area (Å²) in [6.45, 7) is 3.76. The fraction of sp³-hybridized carbons (Fsp3) is 0.231. The third-order valence-electron chi connectivity index (χ3n) is 2.99. The van der Waals surface area contributed by atoms with Crippen LogP contribution in [0.1, 0.15) is 17.5 Å². The molecule has 1 aromatic carbocycles. The Bertz CT molecular complexity index is 576. The molecular formula is C13H14N2O3. The van der Waals surface area contributed by atoms with Crippen molar-refractivity contribution in [2.75, 3.05) is 4.90 Å². The van der Waals surface area contributed by atoms with Crippen LogP contribution in [0.3, 0.4) is 0 Å². The summed E-state index contributed by atoms with van der Waals surface area (Å²) in [6, 6.07) is 5.63. The van der Waals surface area contributed by atoms with E-state index in [-0.39, 0.29) is 23.7 Å². The van der Waals surface area contributed by atoms with Crippen LogP contribution in [0.15, 0.2) is 29.6 Å². The number of carboxylic acid groups (broad SMARTS) is 1. The van der Waals surface area contributed by atoms with E-state index >= 15 is 0 Å². The first-order valence-corrected chi connectivity index (χ1v) is 5.54. The number of hydrogen-bond donors (Lipinski definition) is 2. The summed E-state index contributed by atoms with van der Waals surface area (Å²) in [7, 11) is 0. The summed E-state index contributed by atoms with van der Waals surface area (Å²) >= 11 is 0. The molecule has 0 radical (unpaired) electrons. The second-order valence-electron chi connectivity index (χ2n) is 4.36. The number of carbonyl (C=O) groups is 2. The third-order valence-corrected chi connectivity index (χ3v) is 2.99. The Kier molecular flexibility index (Phi) is 2.82. The third kappa shape index (κ3) is 1.84. The van der Waals surface area contributed by atoms with Crippen LogP contribution < -0.4 is 10.6 Å². The van der Waals surface area contributed by atoms with E-state index in [2.05, 4.69) is 0 Å². The SMILES string of the molecule is Cc1ccc(C)c(N2C(=O)CC(C(=O)O)=C2N)c1. The largest absolute Gasteiger partial charge is 0.478 e. The fourth-order valence-corrected chi connectivity index (χ4v) is 2.00. The molecule has 5 nitrogen and oxygen atoms in total. The normalized spacial score (nSPS) is 15.4. The highest BCUT2D eigenvalue weighted by atomic mass is 16.4. The van der Waals surface area contributed by atoms with Gasteiger partial charge >= 0.3 is 5.97 Å². The zero-order chi connectivity index (χ0) is 13.4. The summed E-state index contributed by atoms with van der Waals surface area (Å²) in [6.07, 6.45) is -0.158. The van der Waals surface area contributed by atoms with E-state index in [1.165, 1.54) is 4.90 Å². The van der Waals surface area contributed by atoms with E-state index in [4.69, 9.17) is 10.8 Å². The smallest absolute Gasteiger partial charge is 0.335 e. The fourth-order valence-electron chi connectivity index (χ4n) is 2.00. The highest BCUT2D eigenvalue weighted by molar-refractivity contribution is 6.08. The van der Waals surface area contributed by atoms with Gasteiger partial charge in [0.25, 0.3) is 0 Å². The minimum absolute atomic E-state index is 0.0150. The number of carboxylic acids is 1. The van der Waals surface area contributed by atoms with Crippen molar-refractivity contribution in [2.45, 2.75) is 20.3 Å². The van der Waals surface area contributed by atoms with Crippen molar-refractivity contribution >= 4 is 17.6 Å². The average molecular weight is 246 g/mol. The van der Waals surface area contributed by atoms with Crippen LogP contribution in [-0.4, -0.2) is 17.0 Å². The van der Waals surface area contributed by atoms with Crippen LogP contribution in [0.4, 0.5) is 5.69 Å². The maximum absolute atomic E-state index is 11.9. The number of aliphatic carboxylic acids is 1. The van der Waals surface area contributed by atoms with Gasteiger partial charge in [0.15, 0.2) is 0 Å². The Labute approximate surface area is 105 Å². The van der Waals surface area contributed by atoms with E-state index in [9.17, 15) is 9.59 Å². The van der Waals surface area contributed by atoms with Gasteiger partial charge in [0.05, 0.1) is 17.7 Å². The molecule has 0 aliphatic carbocycles. The van der Waals surface area contributed by atoms with Crippen molar-refractivity contribution < 1.29 is 14.7 Å². The van der Waals surface area contributed by atoms with Gasteiger partial charge in [-0.3, -0.25) is 9.69 Å². The summed E-state index contributed by atoms with van der Waals surface area (Å²) in [5, 5.41) is 8.97. The maximum Gasteiger partial charge on any atom is 0.335 e. The summed E-state index contributed by atoms with van der Waals surface area (Å²) < 4.78 is 0. The molecule has 0 saturated carbocycles. The molecule has 0 aromatic heterocycles. The van der Waals surface area contributed by atoms with Gasteiger partial charge < -0.3 is 10.8 Å². The zero-order valence-corrected chi connectivity index (χ0v) is 10.2. The van der Waals surface area contributed by atoms with Crippen molar-refractivity contribution in [3.8, 4) is 0 Å². The molecule has 0 atom stereocenters. The van der Waals surface area contributed by atoms with Crippen molar-refractivity contribution in [1.29, 1.82) is 0 Å². The first kappa shape index (κ1) is 12.2. The second-order valence-corrected chi connectivity index (χ2v) is 4.36. The van der Waals surface area contributed by atoms with E-state index < -0.39 is 5.97 Å². The number of carbonyl (C=O) groups excluding carboxylic acids is 1. The van der Waals surface area contributed by atoms with Crippen molar-refractivity contribution in [2.24, 2.45) is 5.73 Å². The predicted octanol–water partition coefficient (Wildman–Crippen LogP) is 1.30. The number of nitrogens with zero attached hydrogens (tertiary/aromatic N) is 1. The topological polar surface area (TPSA) is 83.6 Å². The molecular weight excluding hydrogens is 232 g/mol. The zero-order valence-electron chi connectivity index (χ0n) is 10.2. The molecule has 1 aliphatic heterocycles. The molecule has 0 saturated heterocycles. The van der Waals surface area contributed by atoms with Gasteiger partial charge in [-0.25, -0.2) is 4.79 Å². The van der Waals surface area contributed by atoms with E-state index in [1.54, 1.807) is 0 Å². The summed E-state index contributed by atoms with van der Waals surface area (Å²) in [5.41, 5.74) is 8.24. The average Bonchev–Trinajstić information content (AvgIpc) is 2.58. The lowest BCUT2D eigenvalue weighted by Crippen LogP contribution is -2.29. The second kappa shape index (κ2) is 4.18. The van der Waals surface area contributed by atoms with Gasteiger partial charge in [0, 0.05) is 0 Å². The lowest BCUT2D eigenvalue weighted by Gasteiger charge is -2.20. The molecule has 0 unspecified atom stereocenters. The lowest BCUT2D eigenvalue weighted by molar-refractivity contribution is -0.133. The minimum atomic E-state index is -1.14. The highest BCUT2D eigenvalue weighted by Crippen LogP contribution is 2.30. The van der Waals surface area contributed by atoms with Crippen LogP contribution in [0.5, 0.6) is 0 Å². The van der Waals surface area contributed by atoms with Gasteiger partial charge in [-0.15, -0.1) is 0 Å². The molecule has 1 aromatic rings. The predicted molar refractivity (Wildman–Crippen MR) is 66.9 cm³/mol. The lowest BCUT2D eigenvalue weighted by atomic mass is 10.1. The number of amides is 1. The number of anilines is 1. The molecule has 3 N–H and O–H groups in total. The van der Waals surface area contributed by atoms with E-state index in [1.807, 2.05) is 32.0 Å². The summed E-state index contributed by atoms with van der Waals surface area (Å²) in [4.78, 5) is 24.2. The Hall–Kier alpha value is -2.30. The van der Waals surface area contributed by atoms with Gasteiger partial charge in [-0.2, -0.15) is 0 Å². The maximum atomic E-state index is 11.9.